The standard InChI is InChI=1S/C17H21N3O5/c1-23-13-5-4-11(15(18-13)24-2)16(22)19-8-6-17-12(19)10-14(21)20(17)7-3-9-25-17/h4-5,12H,3,6-10H2,1-2H3/t12-,17+/m1/s1. The monoisotopic (exact) mass is 347 g/mol. The van der Waals surface area contributed by atoms with Crippen molar-refractivity contribution in [1.29, 1.82) is 0 Å². The van der Waals surface area contributed by atoms with Crippen molar-refractivity contribution < 1.29 is 23.8 Å². The molecular formula is C17H21N3O5. The lowest BCUT2D eigenvalue weighted by Crippen LogP contribution is -2.56. The molecule has 0 unspecified atom stereocenters. The molecule has 4 rings (SSSR count). The second-order valence-electron chi connectivity index (χ2n) is 6.47. The molecule has 8 nitrogen and oxygen atoms in total. The average molecular weight is 347 g/mol. The van der Waals surface area contributed by atoms with Gasteiger partial charge in [-0.05, 0) is 12.5 Å². The summed E-state index contributed by atoms with van der Waals surface area (Å²) >= 11 is 0. The average Bonchev–Trinajstić information content (AvgIpc) is 3.12. The van der Waals surface area contributed by atoms with Crippen LogP contribution in [-0.4, -0.2) is 72.3 Å². The number of aromatic nitrogens is 1. The van der Waals surface area contributed by atoms with Gasteiger partial charge < -0.3 is 24.0 Å². The molecule has 134 valence electrons. The summed E-state index contributed by atoms with van der Waals surface area (Å²) < 4.78 is 16.4. The van der Waals surface area contributed by atoms with Gasteiger partial charge in [0.05, 0.1) is 33.3 Å². The molecule has 0 saturated carbocycles. The summed E-state index contributed by atoms with van der Waals surface area (Å²) in [5.41, 5.74) is -0.292. The SMILES string of the molecule is COc1ccc(C(=O)N2CC[C@@]34OCCCN3C(=O)C[C@@H]24)c(OC)n1. The maximum absolute atomic E-state index is 13.1. The first kappa shape index (κ1) is 16.1. The summed E-state index contributed by atoms with van der Waals surface area (Å²) in [5.74, 6) is 0.458. The quantitative estimate of drug-likeness (QED) is 0.799. The minimum atomic E-state index is -0.655. The van der Waals surface area contributed by atoms with Crippen LogP contribution in [0.5, 0.6) is 11.8 Å². The molecule has 25 heavy (non-hydrogen) atoms. The number of ether oxygens (including phenoxy) is 3. The van der Waals surface area contributed by atoms with Gasteiger partial charge in [-0.2, -0.15) is 4.98 Å². The highest BCUT2D eigenvalue weighted by atomic mass is 16.5. The molecule has 0 bridgehead atoms. The smallest absolute Gasteiger partial charge is 0.259 e. The highest BCUT2D eigenvalue weighted by Gasteiger charge is 2.61. The molecule has 3 aliphatic heterocycles. The summed E-state index contributed by atoms with van der Waals surface area (Å²) in [5, 5.41) is 0. The van der Waals surface area contributed by atoms with Crippen LogP contribution in [0.15, 0.2) is 12.1 Å². The highest BCUT2D eigenvalue weighted by Crippen LogP contribution is 2.45. The van der Waals surface area contributed by atoms with Gasteiger partial charge in [-0.15, -0.1) is 0 Å². The van der Waals surface area contributed by atoms with Gasteiger partial charge in [0.2, 0.25) is 17.7 Å². The number of hydrogen-bond donors (Lipinski definition) is 0. The molecular weight excluding hydrogens is 326 g/mol. The van der Waals surface area contributed by atoms with Gasteiger partial charge in [-0.1, -0.05) is 0 Å². The Kier molecular flexibility index (Phi) is 3.79. The van der Waals surface area contributed by atoms with Gasteiger partial charge in [0.1, 0.15) is 5.56 Å². The third kappa shape index (κ3) is 2.27. The summed E-state index contributed by atoms with van der Waals surface area (Å²) in [6.45, 7) is 1.86. The first-order chi connectivity index (χ1) is 12.1. The van der Waals surface area contributed by atoms with Gasteiger partial charge in [-0.25, -0.2) is 0 Å². The molecule has 1 aromatic heterocycles. The van der Waals surface area contributed by atoms with E-state index in [2.05, 4.69) is 4.98 Å². The maximum atomic E-state index is 13.1. The van der Waals surface area contributed by atoms with E-state index < -0.39 is 5.72 Å². The molecule has 2 amide bonds. The summed E-state index contributed by atoms with van der Waals surface area (Å²) in [6, 6.07) is 3.01. The molecule has 3 aliphatic rings. The lowest BCUT2D eigenvalue weighted by atomic mass is 10.0. The van der Waals surface area contributed by atoms with Gasteiger partial charge in [0, 0.05) is 25.6 Å². The molecule has 0 aromatic carbocycles. The van der Waals surface area contributed by atoms with Crippen molar-refractivity contribution in [2.45, 2.75) is 31.0 Å². The minimum absolute atomic E-state index is 0.0574. The minimum Gasteiger partial charge on any atom is -0.481 e. The van der Waals surface area contributed by atoms with Gasteiger partial charge >= 0.3 is 0 Å². The van der Waals surface area contributed by atoms with Crippen LogP contribution >= 0.6 is 0 Å². The van der Waals surface area contributed by atoms with Crippen molar-refractivity contribution in [3.8, 4) is 11.8 Å². The number of likely N-dealkylation sites (tertiary alicyclic amines) is 1. The van der Waals surface area contributed by atoms with E-state index in [1.54, 1.807) is 17.0 Å². The fraction of sp³-hybridized carbons (Fsp3) is 0.588. The Morgan fingerprint density at radius 1 is 1.32 bits per heavy atom. The molecule has 1 spiro atoms. The Hall–Kier alpha value is -2.35. The van der Waals surface area contributed by atoms with E-state index in [0.29, 0.717) is 44.0 Å². The Bertz CT molecular complexity index is 724. The number of pyridine rings is 1. The zero-order valence-electron chi connectivity index (χ0n) is 14.4. The number of carbonyl (C=O) groups is 2. The summed E-state index contributed by atoms with van der Waals surface area (Å²) in [6.07, 6.45) is 1.78. The van der Waals surface area contributed by atoms with E-state index in [-0.39, 0.29) is 23.7 Å². The van der Waals surface area contributed by atoms with Crippen LogP contribution in [0.1, 0.15) is 29.6 Å². The van der Waals surface area contributed by atoms with E-state index in [1.165, 1.54) is 14.2 Å². The second kappa shape index (κ2) is 5.87. The predicted molar refractivity (Wildman–Crippen MR) is 86.4 cm³/mol. The topological polar surface area (TPSA) is 81.2 Å². The van der Waals surface area contributed by atoms with Crippen LogP contribution < -0.4 is 9.47 Å². The van der Waals surface area contributed by atoms with E-state index in [9.17, 15) is 9.59 Å². The lowest BCUT2D eigenvalue weighted by molar-refractivity contribution is -0.179. The molecule has 0 N–H and O–H groups in total. The molecule has 8 heteroatoms. The molecule has 0 aliphatic carbocycles. The fourth-order valence-corrected chi connectivity index (χ4v) is 4.20. The zero-order chi connectivity index (χ0) is 17.6. The molecule has 1 aromatic rings. The van der Waals surface area contributed by atoms with Gasteiger partial charge in [0.15, 0.2) is 5.72 Å². The predicted octanol–water partition coefficient (Wildman–Crippen LogP) is 0.662. The molecule has 2 atom stereocenters. The number of hydrogen-bond acceptors (Lipinski definition) is 6. The van der Waals surface area contributed by atoms with Crippen molar-refractivity contribution in [2.75, 3.05) is 33.9 Å². The third-order valence-electron chi connectivity index (χ3n) is 5.34. The van der Waals surface area contributed by atoms with Gasteiger partial charge in [0.25, 0.3) is 5.91 Å². The maximum Gasteiger partial charge on any atom is 0.259 e. The normalized spacial score (nSPS) is 27.9. The third-order valence-corrected chi connectivity index (χ3v) is 5.34. The Labute approximate surface area is 145 Å². The van der Waals surface area contributed by atoms with Crippen LogP contribution in [0.4, 0.5) is 0 Å². The fourth-order valence-electron chi connectivity index (χ4n) is 4.20. The van der Waals surface area contributed by atoms with Crippen LogP contribution in [-0.2, 0) is 9.53 Å². The molecule has 3 saturated heterocycles. The van der Waals surface area contributed by atoms with Crippen molar-refractivity contribution >= 4 is 11.8 Å². The van der Waals surface area contributed by atoms with Crippen molar-refractivity contribution in [2.24, 2.45) is 0 Å². The number of methoxy groups -OCH3 is 2. The Morgan fingerprint density at radius 2 is 2.16 bits per heavy atom. The highest BCUT2D eigenvalue weighted by molar-refractivity contribution is 5.97. The van der Waals surface area contributed by atoms with Gasteiger partial charge in [-0.3, -0.25) is 9.59 Å². The summed E-state index contributed by atoms with van der Waals surface area (Å²) in [7, 11) is 2.97. The molecule has 4 heterocycles. The van der Waals surface area contributed by atoms with Crippen molar-refractivity contribution in [1.82, 2.24) is 14.8 Å². The number of carbonyl (C=O) groups excluding carboxylic acids is 2. The number of nitrogens with zero attached hydrogens (tertiary/aromatic N) is 3. The largest absolute Gasteiger partial charge is 0.481 e. The number of amides is 2. The van der Waals surface area contributed by atoms with E-state index >= 15 is 0 Å². The van der Waals surface area contributed by atoms with E-state index in [1.807, 2.05) is 4.90 Å². The van der Waals surface area contributed by atoms with Crippen LogP contribution in [0.3, 0.4) is 0 Å². The Morgan fingerprint density at radius 3 is 2.92 bits per heavy atom. The lowest BCUT2D eigenvalue weighted by Gasteiger charge is -2.42. The van der Waals surface area contributed by atoms with E-state index in [0.717, 1.165) is 6.42 Å². The summed E-state index contributed by atoms with van der Waals surface area (Å²) in [4.78, 5) is 33.2. The number of rotatable bonds is 3. The molecule has 3 fully saturated rings. The van der Waals surface area contributed by atoms with Crippen LogP contribution in [0.25, 0.3) is 0 Å². The van der Waals surface area contributed by atoms with Crippen LogP contribution in [0.2, 0.25) is 0 Å². The first-order valence-electron chi connectivity index (χ1n) is 8.45. The Balaban J connectivity index is 1.65. The van der Waals surface area contributed by atoms with Crippen molar-refractivity contribution in [3.05, 3.63) is 17.7 Å². The second-order valence-corrected chi connectivity index (χ2v) is 6.47. The van der Waals surface area contributed by atoms with Crippen molar-refractivity contribution in [3.63, 3.8) is 0 Å². The first-order valence-corrected chi connectivity index (χ1v) is 8.45. The zero-order valence-corrected chi connectivity index (χ0v) is 14.4. The van der Waals surface area contributed by atoms with E-state index in [4.69, 9.17) is 14.2 Å². The molecule has 0 radical (unpaired) electrons. The van der Waals surface area contributed by atoms with Crippen LogP contribution in [0, 0.1) is 0 Å².